The number of aryl methyl sites for hydroxylation is 1. The Kier molecular flexibility index (Phi) is 4.80. The first-order valence-corrected chi connectivity index (χ1v) is 8.91. The molecule has 4 heteroatoms. The fraction of sp³-hybridized carbons (Fsp3) is 0.294. The zero-order valence-corrected chi connectivity index (χ0v) is 13.4. The van der Waals surface area contributed by atoms with Crippen LogP contribution in [0, 0.1) is 0 Å². The lowest BCUT2D eigenvalue weighted by Gasteiger charge is -2.18. The van der Waals surface area contributed by atoms with E-state index in [0.717, 1.165) is 17.5 Å². The van der Waals surface area contributed by atoms with E-state index in [-0.39, 0.29) is 6.04 Å². The molecule has 0 aliphatic rings. The average molecular weight is 303 g/mol. The van der Waals surface area contributed by atoms with Gasteiger partial charge in [0.15, 0.2) is 9.84 Å². The molecule has 0 bridgehead atoms. The Labute approximate surface area is 126 Å². The first-order valence-electron chi connectivity index (χ1n) is 7.02. The van der Waals surface area contributed by atoms with Crippen molar-refractivity contribution >= 4 is 9.84 Å². The molecule has 0 aliphatic heterocycles. The van der Waals surface area contributed by atoms with E-state index in [2.05, 4.69) is 36.5 Å². The molecule has 0 saturated carbocycles. The van der Waals surface area contributed by atoms with Crippen molar-refractivity contribution in [2.24, 2.45) is 0 Å². The Morgan fingerprint density at radius 1 is 1.05 bits per heavy atom. The zero-order chi connectivity index (χ0) is 15.5. The van der Waals surface area contributed by atoms with Gasteiger partial charge in [-0.05, 0) is 42.3 Å². The number of rotatable bonds is 5. The molecule has 1 unspecified atom stereocenters. The van der Waals surface area contributed by atoms with Crippen LogP contribution in [0.1, 0.15) is 29.7 Å². The van der Waals surface area contributed by atoms with E-state index in [0.29, 0.717) is 4.90 Å². The SMILES string of the molecule is CCc1ccc(C(NC)c2cccc(S(C)(=O)=O)c2)cc1. The molecule has 0 aromatic heterocycles. The lowest BCUT2D eigenvalue weighted by Crippen LogP contribution is -2.18. The van der Waals surface area contributed by atoms with E-state index < -0.39 is 9.84 Å². The number of sulfone groups is 1. The van der Waals surface area contributed by atoms with Crippen LogP contribution in [0.2, 0.25) is 0 Å². The molecule has 3 nitrogen and oxygen atoms in total. The van der Waals surface area contributed by atoms with Crippen LogP contribution in [0.5, 0.6) is 0 Å². The van der Waals surface area contributed by atoms with Crippen molar-refractivity contribution in [1.82, 2.24) is 5.32 Å². The Bertz CT molecular complexity index is 706. The van der Waals surface area contributed by atoms with Crippen molar-refractivity contribution in [1.29, 1.82) is 0 Å². The van der Waals surface area contributed by atoms with Crippen molar-refractivity contribution in [3.8, 4) is 0 Å². The molecule has 21 heavy (non-hydrogen) atoms. The van der Waals surface area contributed by atoms with Crippen LogP contribution in [0.4, 0.5) is 0 Å². The van der Waals surface area contributed by atoms with E-state index in [9.17, 15) is 8.42 Å². The van der Waals surface area contributed by atoms with Gasteiger partial charge in [-0.3, -0.25) is 0 Å². The summed E-state index contributed by atoms with van der Waals surface area (Å²) in [6.45, 7) is 2.13. The fourth-order valence-electron chi connectivity index (χ4n) is 2.40. The van der Waals surface area contributed by atoms with Gasteiger partial charge in [0.25, 0.3) is 0 Å². The fourth-order valence-corrected chi connectivity index (χ4v) is 3.07. The molecule has 0 spiro atoms. The predicted molar refractivity (Wildman–Crippen MR) is 86.3 cm³/mol. The lowest BCUT2D eigenvalue weighted by atomic mass is 9.97. The van der Waals surface area contributed by atoms with Gasteiger partial charge in [-0.2, -0.15) is 0 Å². The van der Waals surface area contributed by atoms with Crippen LogP contribution in [0.15, 0.2) is 53.4 Å². The van der Waals surface area contributed by atoms with Crippen LogP contribution in [-0.2, 0) is 16.3 Å². The highest BCUT2D eigenvalue weighted by Gasteiger charge is 2.15. The topological polar surface area (TPSA) is 46.2 Å². The van der Waals surface area contributed by atoms with Crippen molar-refractivity contribution in [2.75, 3.05) is 13.3 Å². The molecule has 0 radical (unpaired) electrons. The molecular formula is C17H21NO2S. The minimum absolute atomic E-state index is 0.0161. The van der Waals surface area contributed by atoms with Crippen LogP contribution >= 0.6 is 0 Å². The summed E-state index contributed by atoms with van der Waals surface area (Å²) < 4.78 is 23.4. The number of benzene rings is 2. The normalized spacial score (nSPS) is 13.1. The van der Waals surface area contributed by atoms with Gasteiger partial charge in [-0.25, -0.2) is 8.42 Å². The third kappa shape index (κ3) is 3.71. The third-order valence-electron chi connectivity index (χ3n) is 3.63. The van der Waals surface area contributed by atoms with E-state index in [4.69, 9.17) is 0 Å². The maximum absolute atomic E-state index is 11.7. The minimum atomic E-state index is -3.19. The van der Waals surface area contributed by atoms with Gasteiger partial charge in [-0.15, -0.1) is 0 Å². The highest BCUT2D eigenvalue weighted by Crippen LogP contribution is 2.24. The van der Waals surface area contributed by atoms with E-state index in [1.54, 1.807) is 18.2 Å². The average Bonchev–Trinajstić information content (AvgIpc) is 2.48. The summed E-state index contributed by atoms with van der Waals surface area (Å²) in [5.74, 6) is 0. The Balaban J connectivity index is 2.41. The number of hydrogen-bond acceptors (Lipinski definition) is 3. The second-order valence-electron chi connectivity index (χ2n) is 5.16. The Morgan fingerprint density at radius 2 is 1.71 bits per heavy atom. The van der Waals surface area contributed by atoms with Crippen molar-refractivity contribution in [3.63, 3.8) is 0 Å². The molecule has 0 aliphatic carbocycles. The van der Waals surface area contributed by atoms with Gasteiger partial charge in [0.05, 0.1) is 10.9 Å². The highest BCUT2D eigenvalue weighted by atomic mass is 32.2. The summed E-state index contributed by atoms with van der Waals surface area (Å²) in [5.41, 5.74) is 3.36. The third-order valence-corrected chi connectivity index (χ3v) is 4.74. The first kappa shape index (κ1) is 15.7. The molecule has 2 aromatic rings. The Morgan fingerprint density at radius 3 is 2.24 bits per heavy atom. The molecule has 0 amide bonds. The smallest absolute Gasteiger partial charge is 0.175 e. The number of nitrogens with one attached hydrogen (secondary N) is 1. The standard InChI is InChI=1S/C17H21NO2S/c1-4-13-8-10-14(11-9-13)17(18-2)15-6-5-7-16(12-15)21(3,19)20/h5-12,17-18H,4H2,1-3H3. The molecule has 0 saturated heterocycles. The molecule has 112 valence electrons. The van der Waals surface area contributed by atoms with Gasteiger partial charge in [-0.1, -0.05) is 43.3 Å². The summed E-state index contributed by atoms with van der Waals surface area (Å²) in [4.78, 5) is 0.352. The van der Waals surface area contributed by atoms with Crippen LogP contribution in [0.3, 0.4) is 0 Å². The van der Waals surface area contributed by atoms with Crippen molar-refractivity contribution in [3.05, 3.63) is 65.2 Å². The molecule has 0 fully saturated rings. The lowest BCUT2D eigenvalue weighted by molar-refractivity contribution is 0.601. The second kappa shape index (κ2) is 6.41. The van der Waals surface area contributed by atoms with Crippen molar-refractivity contribution < 1.29 is 8.42 Å². The summed E-state index contributed by atoms with van der Waals surface area (Å²) in [6, 6.07) is 15.5. The van der Waals surface area contributed by atoms with E-state index in [1.165, 1.54) is 11.8 Å². The molecule has 2 rings (SSSR count). The summed E-state index contributed by atoms with van der Waals surface area (Å²) >= 11 is 0. The molecule has 1 atom stereocenters. The Hall–Kier alpha value is -1.65. The summed E-state index contributed by atoms with van der Waals surface area (Å²) in [5, 5.41) is 3.26. The van der Waals surface area contributed by atoms with Gasteiger partial charge in [0.1, 0.15) is 0 Å². The molecular weight excluding hydrogens is 282 g/mol. The predicted octanol–water partition coefficient (Wildman–Crippen LogP) is 2.96. The van der Waals surface area contributed by atoms with Gasteiger partial charge in [0.2, 0.25) is 0 Å². The zero-order valence-electron chi connectivity index (χ0n) is 12.6. The summed E-state index contributed by atoms with van der Waals surface area (Å²) in [6.07, 6.45) is 2.24. The largest absolute Gasteiger partial charge is 0.309 e. The van der Waals surface area contributed by atoms with Crippen LogP contribution in [0.25, 0.3) is 0 Å². The van der Waals surface area contributed by atoms with Gasteiger partial charge < -0.3 is 5.32 Å². The van der Waals surface area contributed by atoms with Gasteiger partial charge >= 0.3 is 0 Å². The summed E-state index contributed by atoms with van der Waals surface area (Å²) in [7, 11) is -1.31. The maximum Gasteiger partial charge on any atom is 0.175 e. The second-order valence-corrected chi connectivity index (χ2v) is 7.18. The van der Waals surface area contributed by atoms with Crippen molar-refractivity contribution in [2.45, 2.75) is 24.3 Å². The molecule has 1 N–H and O–H groups in total. The quantitative estimate of drug-likeness (QED) is 0.923. The maximum atomic E-state index is 11.7. The van der Waals surface area contributed by atoms with E-state index in [1.807, 2.05) is 13.1 Å². The highest BCUT2D eigenvalue weighted by molar-refractivity contribution is 7.90. The first-order chi connectivity index (χ1) is 9.95. The van der Waals surface area contributed by atoms with E-state index >= 15 is 0 Å². The number of hydrogen-bond donors (Lipinski definition) is 1. The van der Waals surface area contributed by atoms with Gasteiger partial charge in [0, 0.05) is 6.26 Å². The molecule has 2 aromatic carbocycles. The minimum Gasteiger partial charge on any atom is -0.309 e. The van der Waals surface area contributed by atoms with Crippen LogP contribution in [-0.4, -0.2) is 21.7 Å². The van der Waals surface area contributed by atoms with Crippen LogP contribution < -0.4 is 5.32 Å². The molecule has 0 heterocycles. The monoisotopic (exact) mass is 303 g/mol.